The van der Waals surface area contributed by atoms with Crippen LogP contribution in [0.1, 0.15) is 9.67 Å². The van der Waals surface area contributed by atoms with Gasteiger partial charge in [0.1, 0.15) is 15.3 Å². The number of hydrogen-bond acceptors (Lipinski definition) is 5. The molecule has 0 fully saturated rings. The first kappa shape index (κ1) is 16.2. The highest BCUT2D eigenvalue weighted by Crippen LogP contribution is 2.40. The smallest absolute Gasteiger partial charge is 0.287 e. The molecule has 0 aliphatic carbocycles. The monoisotopic (exact) mass is 362 g/mol. The van der Waals surface area contributed by atoms with Crippen LogP contribution < -0.4 is 10.1 Å². The Balaban J connectivity index is 2.03. The van der Waals surface area contributed by atoms with Crippen LogP contribution in [0, 0.1) is 10.1 Å². The van der Waals surface area contributed by atoms with E-state index in [1.54, 1.807) is 36.4 Å². The van der Waals surface area contributed by atoms with E-state index >= 15 is 0 Å². The van der Waals surface area contributed by atoms with E-state index in [1.165, 1.54) is 13.2 Å². The van der Waals surface area contributed by atoms with E-state index in [-0.39, 0.29) is 15.6 Å². The Bertz CT molecular complexity index is 954. The van der Waals surface area contributed by atoms with E-state index in [2.05, 4.69) is 5.32 Å². The predicted octanol–water partition coefficient (Wildman–Crippen LogP) is 4.72. The second-order valence-corrected chi connectivity index (χ2v) is 6.21. The lowest BCUT2D eigenvalue weighted by Gasteiger charge is -2.08. The zero-order valence-electron chi connectivity index (χ0n) is 12.4. The number of nitro benzene ring substituents is 1. The van der Waals surface area contributed by atoms with Gasteiger partial charge in [-0.15, -0.1) is 11.3 Å². The standard InChI is InChI=1S/C16H11ClN2O4S/c1-23-12-8-3-2-6-10(12)18-16(20)15-13(17)9-5-4-7-11(19(21)22)14(9)24-15/h2-8H,1H3,(H,18,20). The van der Waals surface area contributed by atoms with Crippen LogP contribution in [-0.2, 0) is 0 Å². The van der Waals surface area contributed by atoms with Gasteiger partial charge in [0.2, 0.25) is 0 Å². The summed E-state index contributed by atoms with van der Waals surface area (Å²) in [4.78, 5) is 23.4. The summed E-state index contributed by atoms with van der Waals surface area (Å²) in [5.41, 5.74) is 0.420. The van der Waals surface area contributed by atoms with Crippen molar-refractivity contribution in [2.45, 2.75) is 0 Å². The number of carbonyl (C=O) groups is 1. The summed E-state index contributed by atoms with van der Waals surface area (Å²) in [7, 11) is 1.50. The summed E-state index contributed by atoms with van der Waals surface area (Å²) in [6, 6.07) is 11.5. The molecule has 0 radical (unpaired) electrons. The van der Waals surface area contributed by atoms with Gasteiger partial charge in [-0.25, -0.2) is 0 Å². The van der Waals surface area contributed by atoms with Crippen LogP contribution in [0.15, 0.2) is 42.5 Å². The van der Waals surface area contributed by atoms with Gasteiger partial charge < -0.3 is 10.1 Å². The lowest BCUT2D eigenvalue weighted by Crippen LogP contribution is -2.11. The maximum Gasteiger partial charge on any atom is 0.287 e. The molecule has 1 heterocycles. The topological polar surface area (TPSA) is 81.5 Å². The van der Waals surface area contributed by atoms with Gasteiger partial charge in [-0.2, -0.15) is 0 Å². The molecule has 0 bridgehead atoms. The fourth-order valence-corrected chi connectivity index (χ4v) is 3.78. The molecule has 0 unspecified atom stereocenters. The van der Waals surface area contributed by atoms with Gasteiger partial charge in [0.25, 0.3) is 11.6 Å². The van der Waals surface area contributed by atoms with Gasteiger partial charge in [-0.3, -0.25) is 14.9 Å². The van der Waals surface area contributed by atoms with E-state index in [0.29, 0.717) is 21.5 Å². The molecule has 1 amide bonds. The van der Waals surface area contributed by atoms with Crippen molar-refractivity contribution >= 4 is 50.3 Å². The van der Waals surface area contributed by atoms with Crippen molar-refractivity contribution in [3.63, 3.8) is 0 Å². The van der Waals surface area contributed by atoms with Gasteiger partial charge in [-0.05, 0) is 12.1 Å². The molecule has 6 nitrogen and oxygen atoms in total. The molecule has 122 valence electrons. The number of anilines is 1. The quantitative estimate of drug-likeness (QED) is 0.537. The third-order valence-electron chi connectivity index (χ3n) is 3.39. The third-order valence-corrected chi connectivity index (χ3v) is 5.12. The van der Waals surface area contributed by atoms with Crippen LogP contribution in [0.25, 0.3) is 10.1 Å². The normalized spacial score (nSPS) is 10.6. The molecule has 0 saturated heterocycles. The van der Waals surface area contributed by atoms with E-state index in [4.69, 9.17) is 16.3 Å². The molecule has 0 atom stereocenters. The molecule has 1 N–H and O–H groups in total. The molecule has 0 aliphatic heterocycles. The highest BCUT2D eigenvalue weighted by atomic mass is 35.5. The Kier molecular flexibility index (Phi) is 4.37. The van der Waals surface area contributed by atoms with Crippen LogP contribution in [0.2, 0.25) is 5.02 Å². The average Bonchev–Trinajstić information content (AvgIpc) is 2.92. The minimum Gasteiger partial charge on any atom is -0.495 e. The summed E-state index contributed by atoms with van der Waals surface area (Å²) >= 11 is 7.26. The van der Waals surface area contributed by atoms with Gasteiger partial charge in [0.15, 0.2) is 0 Å². The number of ether oxygens (including phenoxy) is 1. The first-order chi connectivity index (χ1) is 11.5. The number of rotatable bonds is 4. The second-order valence-electron chi connectivity index (χ2n) is 4.81. The number of hydrogen-bond donors (Lipinski definition) is 1. The molecule has 1 aromatic heterocycles. The molecule has 24 heavy (non-hydrogen) atoms. The number of fused-ring (bicyclic) bond motifs is 1. The van der Waals surface area contributed by atoms with E-state index in [0.717, 1.165) is 11.3 Å². The molecule has 2 aromatic carbocycles. The molecule has 0 aliphatic rings. The van der Waals surface area contributed by atoms with Crippen LogP contribution in [0.5, 0.6) is 5.75 Å². The molecule has 8 heteroatoms. The number of amides is 1. The van der Waals surface area contributed by atoms with Crippen molar-refractivity contribution in [2.75, 3.05) is 12.4 Å². The van der Waals surface area contributed by atoms with E-state index in [9.17, 15) is 14.9 Å². The number of halogens is 1. The largest absolute Gasteiger partial charge is 0.495 e. The zero-order chi connectivity index (χ0) is 17.3. The van der Waals surface area contributed by atoms with Gasteiger partial charge >= 0.3 is 0 Å². The first-order valence-electron chi connectivity index (χ1n) is 6.82. The van der Waals surface area contributed by atoms with Gasteiger partial charge in [0, 0.05) is 11.5 Å². The average molecular weight is 363 g/mol. The number of nitrogens with zero attached hydrogens (tertiary/aromatic N) is 1. The molecular formula is C16H11ClN2O4S. The third kappa shape index (κ3) is 2.79. The van der Waals surface area contributed by atoms with Gasteiger partial charge in [0.05, 0.1) is 22.7 Å². The Morgan fingerprint density at radius 1 is 1.25 bits per heavy atom. The maximum absolute atomic E-state index is 12.5. The number of thiophene rings is 1. The van der Waals surface area contributed by atoms with Crippen molar-refractivity contribution in [1.82, 2.24) is 0 Å². The van der Waals surface area contributed by atoms with E-state index in [1.807, 2.05) is 0 Å². The SMILES string of the molecule is COc1ccccc1NC(=O)c1sc2c([N+](=O)[O-])cccc2c1Cl. The highest BCUT2D eigenvalue weighted by Gasteiger charge is 2.23. The van der Waals surface area contributed by atoms with Gasteiger partial charge in [-0.1, -0.05) is 35.9 Å². The first-order valence-corrected chi connectivity index (χ1v) is 8.02. The lowest BCUT2D eigenvalue weighted by atomic mass is 10.2. The number of non-ortho nitro benzene ring substituents is 1. The summed E-state index contributed by atoms with van der Waals surface area (Å²) in [6.45, 7) is 0. The number of nitro groups is 1. The van der Waals surface area contributed by atoms with Crippen LogP contribution in [0.4, 0.5) is 11.4 Å². The number of benzene rings is 2. The Morgan fingerprint density at radius 2 is 2.00 bits per heavy atom. The summed E-state index contributed by atoms with van der Waals surface area (Å²) < 4.78 is 5.56. The predicted molar refractivity (Wildman–Crippen MR) is 94.4 cm³/mol. The summed E-state index contributed by atoms with van der Waals surface area (Å²) in [5, 5.41) is 14.5. The van der Waals surface area contributed by atoms with Crippen LogP contribution in [0.3, 0.4) is 0 Å². The number of para-hydroxylation sites is 2. The molecule has 0 saturated carbocycles. The molecule has 3 aromatic rings. The molecule has 0 spiro atoms. The Labute approximate surface area is 145 Å². The number of carbonyl (C=O) groups excluding carboxylic acids is 1. The van der Waals surface area contributed by atoms with Crippen LogP contribution >= 0.6 is 22.9 Å². The Hall–Kier alpha value is -2.64. The molecular weight excluding hydrogens is 352 g/mol. The fourth-order valence-electron chi connectivity index (χ4n) is 2.29. The van der Waals surface area contributed by atoms with Crippen molar-refractivity contribution in [1.29, 1.82) is 0 Å². The van der Waals surface area contributed by atoms with E-state index < -0.39 is 10.8 Å². The maximum atomic E-state index is 12.5. The van der Waals surface area contributed by atoms with Crippen molar-refractivity contribution < 1.29 is 14.5 Å². The van der Waals surface area contributed by atoms with Crippen LogP contribution in [-0.4, -0.2) is 17.9 Å². The zero-order valence-corrected chi connectivity index (χ0v) is 14.0. The number of nitrogens with one attached hydrogen (secondary N) is 1. The van der Waals surface area contributed by atoms with Crippen molar-refractivity contribution in [3.05, 3.63) is 62.5 Å². The number of methoxy groups -OCH3 is 1. The Morgan fingerprint density at radius 3 is 2.71 bits per heavy atom. The summed E-state index contributed by atoms with van der Waals surface area (Å²) in [6.07, 6.45) is 0. The van der Waals surface area contributed by atoms with Crippen molar-refractivity contribution in [3.8, 4) is 5.75 Å². The second kappa shape index (κ2) is 6.46. The van der Waals surface area contributed by atoms with Crippen molar-refractivity contribution in [2.24, 2.45) is 0 Å². The highest BCUT2D eigenvalue weighted by molar-refractivity contribution is 7.22. The minimum absolute atomic E-state index is 0.0734. The molecule has 3 rings (SSSR count). The summed E-state index contributed by atoms with van der Waals surface area (Å²) in [5.74, 6) is 0.0639. The fraction of sp³-hybridized carbons (Fsp3) is 0.0625. The lowest BCUT2D eigenvalue weighted by molar-refractivity contribution is -0.382. The minimum atomic E-state index is -0.489.